The number of nitrogens with zero attached hydrogens (tertiary/aromatic N) is 1. The number of hydrogen-bond donors (Lipinski definition) is 2. The van der Waals surface area contributed by atoms with Gasteiger partial charge < -0.3 is 11.0 Å². The van der Waals surface area contributed by atoms with E-state index in [-0.39, 0.29) is 0 Å². The van der Waals surface area contributed by atoms with Crippen LogP contribution in [0.5, 0.6) is 0 Å². The Bertz CT molecular complexity index is 144. The Hall–Kier alpha value is -0.640. The molecule has 0 spiro atoms. The highest BCUT2D eigenvalue weighted by atomic mass is 15.7. The SMILES string of the molecule is C1=CC2[N-]NNC2C=C1. The van der Waals surface area contributed by atoms with E-state index < -0.39 is 0 Å². The van der Waals surface area contributed by atoms with E-state index in [0.717, 1.165) is 0 Å². The molecule has 0 aromatic carbocycles. The summed E-state index contributed by atoms with van der Waals surface area (Å²) < 4.78 is 0. The maximum Gasteiger partial charge on any atom is 0.0262 e. The van der Waals surface area contributed by atoms with Crippen LogP contribution in [-0.4, -0.2) is 12.1 Å². The van der Waals surface area contributed by atoms with Gasteiger partial charge in [-0.3, -0.25) is 5.43 Å². The monoisotopic (exact) mass is 122 g/mol. The van der Waals surface area contributed by atoms with E-state index in [1.165, 1.54) is 0 Å². The molecule has 0 amide bonds. The second-order valence-corrected chi connectivity index (χ2v) is 2.17. The summed E-state index contributed by atoms with van der Waals surface area (Å²) in [5.74, 6) is 0. The van der Waals surface area contributed by atoms with Gasteiger partial charge in [0.15, 0.2) is 0 Å². The molecule has 48 valence electrons. The highest BCUT2D eigenvalue weighted by molar-refractivity contribution is 5.26. The van der Waals surface area contributed by atoms with E-state index >= 15 is 0 Å². The van der Waals surface area contributed by atoms with Gasteiger partial charge in [0, 0.05) is 6.04 Å². The van der Waals surface area contributed by atoms with Crippen LogP contribution < -0.4 is 11.0 Å². The molecule has 2 unspecified atom stereocenters. The third kappa shape index (κ3) is 0.790. The highest BCUT2D eigenvalue weighted by Gasteiger charge is 2.12. The van der Waals surface area contributed by atoms with E-state index in [0.29, 0.717) is 12.1 Å². The lowest BCUT2D eigenvalue weighted by molar-refractivity contribution is 0.631. The highest BCUT2D eigenvalue weighted by Crippen LogP contribution is 2.14. The zero-order chi connectivity index (χ0) is 6.10. The predicted octanol–water partition coefficient (Wildman–Crippen LogP) is 0.246. The first-order valence-electron chi connectivity index (χ1n) is 3.02. The van der Waals surface area contributed by atoms with Crippen molar-refractivity contribution in [1.82, 2.24) is 11.0 Å². The molecule has 2 aliphatic rings. The van der Waals surface area contributed by atoms with Crippen LogP contribution in [0.25, 0.3) is 5.43 Å². The molecule has 2 rings (SSSR count). The molecule has 1 heterocycles. The van der Waals surface area contributed by atoms with Crippen molar-refractivity contribution in [3.63, 3.8) is 0 Å². The average molecular weight is 122 g/mol. The molecule has 2 N–H and O–H groups in total. The fourth-order valence-corrected chi connectivity index (χ4v) is 1.04. The Balaban J connectivity index is 2.18. The van der Waals surface area contributed by atoms with Crippen molar-refractivity contribution in [2.24, 2.45) is 0 Å². The van der Waals surface area contributed by atoms with Crippen molar-refractivity contribution in [2.75, 3.05) is 0 Å². The van der Waals surface area contributed by atoms with Crippen LogP contribution in [0, 0.1) is 0 Å². The number of allylic oxidation sites excluding steroid dienone is 2. The summed E-state index contributed by atoms with van der Waals surface area (Å²) in [6.07, 6.45) is 8.20. The molecule has 0 radical (unpaired) electrons. The van der Waals surface area contributed by atoms with Gasteiger partial charge in [-0.15, -0.1) is 0 Å². The largest absolute Gasteiger partial charge is 0.575 e. The fraction of sp³-hybridized carbons (Fsp3) is 0.333. The van der Waals surface area contributed by atoms with Crippen LogP contribution >= 0.6 is 0 Å². The van der Waals surface area contributed by atoms with Gasteiger partial charge >= 0.3 is 0 Å². The topological polar surface area (TPSA) is 38.2 Å². The summed E-state index contributed by atoms with van der Waals surface area (Å²) in [7, 11) is 0. The molecule has 2 atom stereocenters. The molecular weight excluding hydrogens is 114 g/mol. The van der Waals surface area contributed by atoms with E-state index in [1.54, 1.807) is 0 Å². The smallest absolute Gasteiger partial charge is 0.0262 e. The molecule has 3 nitrogen and oxygen atoms in total. The van der Waals surface area contributed by atoms with Crippen molar-refractivity contribution < 1.29 is 0 Å². The molecule has 0 saturated carbocycles. The van der Waals surface area contributed by atoms with Crippen molar-refractivity contribution in [2.45, 2.75) is 12.1 Å². The zero-order valence-corrected chi connectivity index (χ0v) is 4.91. The lowest BCUT2D eigenvalue weighted by atomic mass is 10.1. The second-order valence-electron chi connectivity index (χ2n) is 2.17. The molecule has 3 heteroatoms. The van der Waals surface area contributed by atoms with Crippen LogP contribution in [0.4, 0.5) is 0 Å². The first-order valence-corrected chi connectivity index (χ1v) is 3.02. The third-order valence-corrected chi connectivity index (χ3v) is 1.55. The lowest BCUT2D eigenvalue weighted by Crippen LogP contribution is -2.31. The summed E-state index contributed by atoms with van der Waals surface area (Å²) in [5.41, 5.74) is 9.80. The quantitative estimate of drug-likeness (QED) is 0.483. The normalized spacial score (nSPS) is 39.1. The van der Waals surface area contributed by atoms with Gasteiger partial charge in [0.25, 0.3) is 0 Å². The number of nitrogens with one attached hydrogen (secondary N) is 2. The Labute approximate surface area is 53.8 Å². The summed E-state index contributed by atoms with van der Waals surface area (Å²) in [6, 6.07) is 0.671. The van der Waals surface area contributed by atoms with E-state index in [1.807, 2.05) is 12.2 Å². The Morgan fingerprint density at radius 2 is 2.11 bits per heavy atom. The van der Waals surface area contributed by atoms with E-state index in [2.05, 4.69) is 28.5 Å². The summed E-state index contributed by atoms with van der Waals surface area (Å²) in [4.78, 5) is 0. The van der Waals surface area contributed by atoms with Crippen molar-refractivity contribution in [3.05, 3.63) is 29.7 Å². The minimum atomic E-state index is 0.301. The van der Waals surface area contributed by atoms with Gasteiger partial charge in [0.05, 0.1) is 0 Å². The maximum atomic E-state index is 4.06. The minimum absolute atomic E-state index is 0.301. The minimum Gasteiger partial charge on any atom is -0.575 e. The second kappa shape index (κ2) is 1.95. The molecule has 9 heavy (non-hydrogen) atoms. The third-order valence-electron chi connectivity index (χ3n) is 1.55. The molecular formula is C6H8N3-. The lowest BCUT2D eigenvalue weighted by Gasteiger charge is -2.21. The number of fused-ring (bicyclic) bond motifs is 1. The van der Waals surface area contributed by atoms with Crippen LogP contribution in [0.15, 0.2) is 24.3 Å². The maximum absolute atomic E-state index is 4.06. The number of hydrogen-bond acceptors (Lipinski definition) is 2. The van der Waals surface area contributed by atoms with Gasteiger partial charge in [-0.1, -0.05) is 30.3 Å². The standard InChI is InChI=1S/C6H8N3/c1-2-4-6-5(3-1)7-9-8-6/h1-7,9H/q-1. The summed E-state index contributed by atoms with van der Waals surface area (Å²) in [6.45, 7) is 0. The molecule has 0 bridgehead atoms. The molecule has 0 aromatic heterocycles. The van der Waals surface area contributed by atoms with Crippen LogP contribution in [0.1, 0.15) is 0 Å². The molecule has 1 saturated heterocycles. The van der Waals surface area contributed by atoms with Gasteiger partial charge in [0.2, 0.25) is 0 Å². The number of rotatable bonds is 0. The van der Waals surface area contributed by atoms with E-state index in [4.69, 9.17) is 0 Å². The summed E-state index contributed by atoms with van der Waals surface area (Å²) >= 11 is 0. The first-order chi connectivity index (χ1) is 4.47. The molecule has 0 aromatic rings. The Morgan fingerprint density at radius 3 is 3.00 bits per heavy atom. The Kier molecular flexibility index (Phi) is 1.12. The van der Waals surface area contributed by atoms with Crippen molar-refractivity contribution in [3.8, 4) is 0 Å². The Morgan fingerprint density at radius 1 is 1.22 bits per heavy atom. The zero-order valence-electron chi connectivity index (χ0n) is 4.91. The van der Waals surface area contributed by atoms with Gasteiger partial charge in [-0.05, 0) is 0 Å². The van der Waals surface area contributed by atoms with Crippen molar-refractivity contribution >= 4 is 0 Å². The molecule has 1 aliphatic heterocycles. The van der Waals surface area contributed by atoms with Crippen LogP contribution in [0.2, 0.25) is 0 Å². The average Bonchev–Trinajstić information content (AvgIpc) is 2.33. The molecule has 1 fully saturated rings. The number of hydrazine groups is 1. The molecule has 1 aliphatic carbocycles. The van der Waals surface area contributed by atoms with Crippen LogP contribution in [0.3, 0.4) is 0 Å². The van der Waals surface area contributed by atoms with Crippen molar-refractivity contribution in [1.29, 1.82) is 0 Å². The predicted molar refractivity (Wildman–Crippen MR) is 35.5 cm³/mol. The fourth-order valence-electron chi connectivity index (χ4n) is 1.04. The van der Waals surface area contributed by atoms with E-state index in [9.17, 15) is 0 Å². The summed E-state index contributed by atoms with van der Waals surface area (Å²) in [5, 5.41) is 0. The van der Waals surface area contributed by atoms with Gasteiger partial charge in [-0.2, -0.15) is 0 Å². The van der Waals surface area contributed by atoms with Gasteiger partial charge in [0.1, 0.15) is 0 Å². The van der Waals surface area contributed by atoms with Crippen LogP contribution in [-0.2, 0) is 0 Å². The first kappa shape index (κ1) is 5.17. The van der Waals surface area contributed by atoms with Gasteiger partial charge in [-0.25, -0.2) is 0 Å².